The molecule has 0 aromatic rings. The minimum atomic E-state index is -0.591. The van der Waals surface area contributed by atoms with Gasteiger partial charge in [-0.15, -0.1) is 0 Å². The van der Waals surface area contributed by atoms with E-state index in [1.807, 2.05) is 13.8 Å². The van der Waals surface area contributed by atoms with Crippen LogP contribution in [0.4, 0.5) is 0 Å². The standard InChI is InChI=1S/C16H34N2O/c1-5-11-17-12-16(9-7-8-10-16)14-18(6-2)13-15(3,4)19/h17,19H,5-14H2,1-4H3. The van der Waals surface area contributed by atoms with Gasteiger partial charge in [-0.3, -0.25) is 0 Å². The van der Waals surface area contributed by atoms with Crippen LogP contribution in [0.3, 0.4) is 0 Å². The quantitative estimate of drug-likeness (QED) is 0.632. The molecule has 0 spiro atoms. The monoisotopic (exact) mass is 270 g/mol. The maximum atomic E-state index is 10.0. The highest BCUT2D eigenvalue weighted by atomic mass is 16.3. The molecule has 19 heavy (non-hydrogen) atoms. The van der Waals surface area contributed by atoms with Gasteiger partial charge in [0.25, 0.3) is 0 Å². The summed E-state index contributed by atoms with van der Waals surface area (Å²) in [4.78, 5) is 2.43. The lowest BCUT2D eigenvalue weighted by atomic mass is 9.85. The van der Waals surface area contributed by atoms with Gasteiger partial charge in [-0.25, -0.2) is 0 Å². The molecule has 114 valence electrons. The predicted octanol–water partition coefficient (Wildman–Crippen LogP) is 2.64. The Bertz CT molecular complexity index is 242. The van der Waals surface area contributed by atoms with E-state index in [0.29, 0.717) is 5.41 Å². The average molecular weight is 270 g/mol. The second kappa shape index (κ2) is 7.61. The summed E-state index contributed by atoms with van der Waals surface area (Å²) in [6, 6.07) is 0. The van der Waals surface area contributed by atoms with E-state index >= 15 is 0 Å². The molecule has 0 radical (unpaired) electrons. The van der Waals surface area contributed by atoms with Crippen LogP contribution in [-0.4, -0.2) is 48.3 Å². The molecular formula is C16H34N2O. The van der Waals surface area contributed by atoms with Crippen molar-refractivity contribution in [3.8, 4) is 0 Å². The van der Waals surface area contributed by atoms with Gasteiger partial charge in [-0.2, -0.15) is 0 Å². The predicted molar refractivity (Wildman–Crippen MR) is 82.5 cm³/mol. The minimum absolute atomic E-state index is 0.441. The highest BCUT2D eigenvalue weighted by molar-refractivity contribution is 4.90. The van der Waals surface area contributed by atoms with Gasteiger partial charge in [0, 0.05) is 19.6 Å². The Morgan fingerprint density at radius 1 is 1.21 bits per heavy atom. The van der Waals surface area contributed by atoms with Crippen LogP contribution < -0.4 is 5.32 Å². The van der Waals surface area contributed by atoms with Crippen LogP contribution in [0.25, 0.3) is 0 Å². The zero-order valence-electron chi connectivity index (χ0n) is 13.5. The normalized spacial score (nSPS) is 19.3. The number of aliphatic hydroxyl groups is 1. The third-order valence-electron chi connectivity index (χ3n) is 4.21. The number of hydrogen-bond donors (Lipinski definition) is 2. The van der Waals surface area contributed by atoms with E-state index in [-0.39, 0.29) is 0 Å². The second-order valence-electron chi connectivity index (χ2n) is 7.00. The molecule has 0 atom stereocenters. The summed E-state index contributed by atoms with van der Waals surface area (Å²) >= 11 is 0. The smallest absolute Gasteiger partial charge is 0.0718 e. The number of nitrogens with one attached hydrogen (secondary N) is 1. The molecule has 1 saturated carbocycles. The Hall–Kier alpha value is -0.120. The molecule has 0 amide bonds. The first kappa shape index (κ1) is 16.9. The molecule has 0 aliphatic heterocycles. The molecule has 3 heteroatoms. The van der Waals surface area contributed by atoms with Crippen LogP contribution in [0.1, 0.15) is 59.8 Å². The number of likely N-dealkylation sites (N-methyl/N-ethyl adjacent to an activating group) is 1. The zero-order valence-corrected chi connectivity index (χ0v) is 13.5. The average Bonchev–Trinajstić information content (AvgIpc) is 2.76. The maximum absolute atomic E-state index is 10.0. The number of nitrogens with zero attached hydrogens (tertiary/aromatic N) is 1. The van der Waals surface area contributed by atoms with Crippen LogP contribution in [0, 0.1) is 5.41 Å². The van der Waals surface area contributed by atoms with E-state index < -0.39 is 5.60 Å². The van der Waals surface area contributed by atoms with E-state index in [4.69, 9.17) is 0 Å². The van der Waals surface area contributed by atoms with Crippen LogP contribution in [-0.2, 0) is 0 Å². The van der Waals surface area contributed by atoms with Crippen molar-refractivity contribution < 1.29 is 5.11 Å². The molecule has 1 fully saturated rings. The Labute approximate surface area is 119 Å². The Kier molecular flexibility index (Phi) is 6.78. The van der Waals surface area contributed by atoms with Gasteiger partial charge in [0.05, 0.1) is 5.60 Å². The van der Waals surface area contributed by atoms with Gasteiger partial charge < -0.3 is 15.3 Å². The Balaban J connectivity index is 2.55. The molecule has 0 saturated heterocycles. The fraction of sp³-hybridized carbons (Fsp3) is 1.00. The first-order chi connectivity index (χ1) is 8.91. The molecule has 1 aliphatic carbocycles. The first-order valence-electron chi connectivity index (χ1n) is 8.06. The molecule has 1 rings (SSSR count). The molecule has 3 nitrogen and oxygen atoms in total. The lowest BCUT2D eigenvalue weighted by Gasteiger charge is -2.37. The van der Waals surface area contributed by atoms with Crippen molar-refractivity contribution in [2.75, 3.05) is 32.7 Å². The summed E-state index contributed by atoms with van der Waals surface area (Å²) in [6.45, 7) is 13.4. The van der Waals surface area contributed by atoms with Gasteiger partial charge in [-0.1, -0.05) is 26.7 Å². The fourth-order valence-corrected chi connectivity index (χ4v) is 3.35. The summed E-state index contributed by atoms with van der Waals surface area (Å²) in [6.07, 6.45) is 6.62. The van der Waals surface area contributed by atoms with E-state index in [9.17, 15) is 5.11 Å². The van der Waals surface area contributed by atoms with E-state index in [1.165, 1.54) is 32.1 Å². The number of hydrogen-bond acceptors (Lipinski definition) is 3. The fourth-order valence-electron chi connectivity index (χ4n) is 3.35. The topological polar surface area (TPSA) is 35.5 Å². The lowest BCUT2D eigenvalue weighted by molar-refractivity contribution is 0.0222. The van der Waals surface area contributed by atoms with Crippen molar-refractivity contribution in [1.29, 1.82) is 0 Å². The summed E-state index contributed by atoms with van der Waals surface area (Å²) in [5, 5.41) is 13.7. The van der Waals surface area contributed by atoms with Gasteiger partial charge in [0.1, 0.15) is 0 Å². The van der Waals surface area contributed by atoms with Gasteiger partial charge >= 0.3 is 0 Å². The zero-order chi connectivity index (χ0) is 14.4. The summed E-state index contributed by atoms with van der Waals surface area (Å²) in [7, 11) is 0. The minimum Gasteiger partial charge on any atom is -0.389 e. The highest BCUT2D eigenvalue weighted by Crippen LogP contribution is 2.38. The molecule has 0 bridgehead atoms. The molecule has 2 N–H and O–H groups in total. The summed E-state index contributed by atoms with van der Waals surface area (Å²) in [5.41, 5.74) is -0.150. The van der Waals surface area contributed by atoms with E-state index in [0.717, 1.165) is 32.7 Å². The van der Waals surface area contributed by atoms with Crippen LogP contribution in [0.15, 0.2) is 0 Å². The molecule has 0 aromatic heterocycles. The first-order valence-corrected chi connectivity index (χ1v) is 8.06. The highest BCUT2D eigenvalue weighted by Gasteiger charge is 2.35. The third-order valence-corrected chi connectivity index (χ3v) is 4.21. The molecular weight excluding hydrogens is 236 g/mol. The van der Waals surface area contributed by atoms with Crippen molar-refractivity contribution in [2.24, 2.45) is 5.41 Å². The molecule has 0 heterocycles. The van der Waals surface area contributed by atoms with E-state index in [2.05, 4.69) is 24.1 Å². The molecule has 0 unspecified atom stereocenters. The lowest BCUT2D eigenvalue weighted by Crippen LogP contribution is -2.47. The maximum Gasteiger partial charge on any atom is 0.0718 e. The van der Waals surface area contributed by atoms with Gasteiger partial charge in [0.2, 0.25) is 0 Å². The van der Waals surface area contributed by atoms with Gasteiger partial charge in [0.15, 0.2) is 0 Å². The van der Waals surface area contributed by atoms with Gasteiger partial charge in [-0.05, 0) is 51.6 Å². The SMILES string of the molecule is CCCNCC1(CN(CC)CC(C)(C)O)CCCC1. The van der Waals surface area contributed by atoms with Crippen molar-refractivity contribution in [3.05, 3.63) is 0 Å². The number of rotatable bonds is 9. The summed E-state index contributed by atoms with van der Waals surface area (Å²) < 4.78 is 0. The molecule has 0 aromatic carbocycles. The second-order valence-corrected chi connectivity index (χ2v) is 7.00. The van der Waals surface area contributed by atoms with Crippen molar-refractivity contribution in [1.82, 2.24) is 10.2 Å². The van der Waals surface area contributed by atoms with Crippen LogP contribution in [0.5, 0.6) is 0 Å². The van der Waals surface area contributed by atoms with Crippen molar-refractivity contribution in [2.45, 2.75) is 65.4 Å². The molecule has 1 aliphatic rings. The van der Waals surface area contributed by atoms with Crippen LogP contribution in [0.2, 0.25) is 0 Å². The van der Waals surface area contributed by atoms with Crippen molar-refractivity contribution in [3.63, 3.8) is 0 Å². The Morgan fingerprint density at radius 2 is 1.84 bits per heavy atom. The largest absolute Gasteiger partial charge is 0.389 e. The van der Waals surface area contributed by atoms with Crippen LogP contribution >= 0.6 is 0 Å². The summed E-state index contributed by atoms with van der Waals surface area (Å²) in [5.74, 6) is 0. The van der Waals surface area contributed by atoms with E-state index in [1.54, 1.807) is 0 Å². The third kappa shape index (κ3) is 6.24. The van der Waals surface area contributed by atoms with Crippen molar-refractivity contribution >= 4 is 0 Å². The Morgan fingerprint density at radius 3 is 2.32 bits per heavy atom.